The molecule has 2 aromatic rings. The van der Waals surface area contributed by atoms with Gasteiger partial charge in [-0.1, -0.05) is 13.8 Å². The molecular weight excluding hydrogens is 246 g/mol. The zero-order valence-corrected chi connectivity index (χ0v) is 12.0. The van der Waals surface area contributed by atoms with Crippen LogP contribution in [0, 0.1) is 0 Å². The van der Waals surface area contributed by atoms with Crippen molar-refractivity contribution in [3.05, 3.63) is 22.3 Å². The van der Waals surface area contributed by atoms with E-state index in [4.69, 9.17) is 5.73 Å². The van der Waals surface area contributed by atoms with E-state index >= 15 is 0 Å². The number of rotatable bonds is 4. The van der Waals surface area contributed by atoms with Gasteiger partial charge < -0.3 is 10.6 Å². The molecule has 6 heteroatoms. The van der Waals surface area contributed by atoms with E-state index in [1.807, 2.05) is 29.7 Å². The first-order chi connectivity index (χ1) is 8.50. The Morgan fingerprint density at radius 2 is 2.22 bits per heavy atom. The van der Waals surface area contributed by atoms with Gasteiger partial charge in [0.25, 0.3) is 0 Å². The van der Waals surface area contributed by atoms with Gasteiger partial charge in [0.1, 0.15) is 0 Å². The normalized spacial score (nSPS) is 11.2. The summed E-state index contributed by atoms with van der Waals surface area (Å²) in [6.07, 6.45) is 0. The maximum atomic E-state index is 6.19. The molecule has 0 atom stereocenters. The van der Waals surface area contributed by atoms with E-state index < -0.39 is 0 Å². The molecule has 0 saturated heterocycles. The Bertz CT molecular complexity index is 515. The molecule has 0 radical (unpaired) electrons. The fourth-order valence-corrected chi connectivity index (χ4v) is 2.61. The number of anilines is 2. The average molecular weight is 265 g/mol. The minimum atomic E-state index is 0.331. The lowest BCUT2D eigenvalue weighted by atomic mass is 10.1. The highest BCUT2D eigenvalue weighted by Gasteiger charge is 2.19. The van der Waals surface area contributed by atoms with Crippen LogP contribution in [0.2, 0.25) is 0 Å². The van der Waals surface area contributed by atoms with Gasteiger partial charge in [-0.2, -0.15) is 5.10 Å². The molecule has 0 aromatic carbocycles. The van der Waals surface area contributed by atoms with Gasteiger partial charge in [0, 0.05) is 19.5 Å². The van der Waals surface area contributed by atoms with E-state index in [-0.39, 0.29) is 0 Å². The van der Waals surface area contributed by atoms with Gasteiger partial charge >= 0.3 is 0 Å². The summed E-state index contributed by atoms with van der Waals surface area (Å²) in [5.41, 5.74) is 10.8. The number of hydrogen-bond acceptors (Lipinski definition) is 5. The molecule has 5 nitrogen and oxygen atoms in total. The summed E-state index contributed by atoms with van der Waals surface area (Å²) in [6.45, 7) is 4.94. The summed E-state index contributed by atoms with van der Waals surface area (Å²) in [6, 6.07) is 0. The number of nitrogen functional groups attached to an aromatic ring is 1. The molecule has 0 aliphatic carbocycles. The third-order valence-corrected chi connectivity index (χ3v) is 3.51. The standard InChI is InChI=1S/C12H19N5S/c1-8(2)11-10(13)12(17(4)15-11)16(3)5-9-6-18-7-14-9/h6-8H,5,13H2,1-4H3. The maximum Gasteiger partial charge on any atom is 0.150 e. The molecular formula is C12H19N5S. The number of nitrogens with zero attached hydrogens (tertiary/aromatic N) is 4. The van der Waals surface area contributed by atoms with E-state index in [0.717, 1.165) is 29.4 Å². The molecule has 2 aromatic heterocycles. The van der Waals surface area contributed by atoms with Gasteiger partial charge in [0.05, 0.1) is 29.1 Å². The summed E-state index contributed by atoms with van der Waals surface area (Å²) in [5.74, 6) is 1.28. The van der Waals surface area contributed by atoms with Crippen molar-refractivity contribution < 1.29 is 0 Å². The summed E-state index contributed by atoms with van der Waals surface area (Å²) >= 11 is 1.60. The molecule has 0 unspecified atom stereocenters. The van der Waals surface area contributed by atoms with Crippen molar-refractivity contribution in [3.63, 3.8) is 0 Å². The maximum absolute atomic E-state index is 6.19. The largest absolute Gasteiger partial charge is 0.394 e. The van der Waals surface area contributed by atoms with Crippen molar-refractivity contribution in [2.75, 3.05) is 17.7 Å². The Morgan fingerprint density at radius 1 is 1.50 bits per heavy atom. The molecule has 0 saturated carbocycles. The van der Waals surface area contributed by atoms with Crippen molar-refractivity contribution in [3.8, 4) is 0 Å². The third kappa shape index (κ3) is 2.33. The molecule has 0 aliphatic rings. The van der Waals surface area contributed by atoms with Crippen LogP contribution in [0.1, 0.15) is 31.2 Å². The molecule has 2 rings (SSSR count). The second-order valence-corrected chi connectivity index (χ2v) is 5.46. The summed E-state index contributed by atoms with van der Waals surface area (Å²) in [4.78, 5) is 6.38. The fraction of sp³-hybridized carbons (Fsp3) is 0.500. The Morgan fingerprint density at radius 3 is 2.72 bits per heavy atom. The zero-order chi connectivity index (χ0) is 13.3. The second-order valence-electron chi connectivity index (χ2n) is 4.74. The summed E-state index contributed by atoms with van der Waals surface area (Å²) < 4.78 is 1.84. The summed E-state index contributed by atoms with van der Waals surface area (Å²) in [7, 11) is 3.94. The van der Waals surface area contributed by atoms with Crippen LogP contribution < -0.4 is 10.6 Å². The predicted octanol–water partition coefficient (Wildman–Crippen LogP) is 2.22. The van der Waals surface area contributed by atoms with Gasteiger partial charge in [-0.3, -0.25) is 4.68 Å². The van der Waals surface area contributed by atoms with E-state index in [1.165, 1.54) is 0 Å². The highest BCUT2D eigenvalue weighted by atomic mass is 32.1. The van der Waals surface area contributed by atoms with Crippen molar-refractivity contribution in [2.24, 2.45) is 7.05 Å². The van der Waals surface area contributed by atoms with Crippen LogP contribution in [-0.4, -0.2) is 21.8 Å². The summed E-state index contributed by atoms with van der Waals surface area (Å²) in [5, 5.41) is 6.54. The van der Waals surface area contributed by atoms with Crippen molar-refractivity contribution in [1.29, 1.82) is 0 Å². The number of nitrogens with two attached hydrogens (primary N) is 1. The molecule has 0 spiro atoms. The number of aromatic nitrogens is 3. The minimum Gasteiger partial charge on any atom is -0.394 e. The molecule has 0 fully saturated rings. The Balaban J connectivity index is 2.27. The quantitative estimate of drug-likeness (QED) is 0.921. The lowest BCUT2D eigenvalue weighted by molar-refractivity contribution is 0.697. The SMILES string of the molecule is CC(C)c1nn(C)c(N(C)Cc2cscn2)c1N. The smallest absolute Gasteiger partial charge is 0.150 e. The van der Waals surface area contributed by atoms with Crippen LogP contribution in [0.25, 0.3) is 0 Å². The molecule has 98 valence electrons. The van der Waals surface area contributed by atoms with Crippen molar-refractivity contribution in [2.45, 2.75) is 26.3 Å². The number of thiazole rings is 1. The molecule has 0 amide bonds. The first-order valence-corrected chi connectivity index (χ1v) is 6.85. The van der Waals surface area contributed by atoms with Crippen LogP contribution in [0.3, 0.4) is 0 Å². The fourth-order valence-electron chi connectivity index (χ4n) is 2.06. The molecule has 18 heavy (non-hydrogen) atoms. The first kappa shape index (κ1) is 12.9. The second kappa shape index (κ2) is 4.97. The van der Waals surface area contributed by atoms with Gasteiger partial charge in [-0.25, -0.2) is 4.98 Å². The van der Waals surface area contributed by atoms with Crippen molar-refractivity contribution >= 4 is 22.8 Å². The van der Waals surface area contributed by atoms with Crippen LogP contribution in [-0.2, 0) is 13.6 Å². The van der Waals surface area contributed by atoms with Crippen LogP contribution >= 0.6 is 11.3 Å². The zero-order valence-electron chi connectivity index (χ0n) is 11.2. The number of hydrogen-bond donors (Lipinski definition) is 1. The van der Waals surface area contributed by atoms with E-state index in [0.29, 0.717) is 5.92 Å². The van der Waals surface area contributed by atoms with E-state index in [2.05, 4.69) is 28.8 Å². The lowest BCUT2D eigenvalue weighted by Crippen LogP contribution is -2.20. The lowest BCUT2D eigenvalue weighted by Gasteiger charge is -2.18. The molecule has 2 heterocycles. The Kier molecular flexibility index (Phi) is 3.56. The Labute approximate surface area is 111 Å². The van der Waals surface area contributed by atoms with Gasteiger partial charge in [0.15, 0.2) is 5.82 Å². The predicted molar refractivity (Wildman–Crippen MR) is 75.9 cm³/mol. The molecule has 0 aliphatic heterocycles. The highest BCUT2D eigenvalue weighted by molar-refractivity contribution is 7.07. The Hall–Kier alpha value is -1.56. The van der Waals surface area contributed by atoms with E-state index in [1.54, 1.807) is 11.3 Å². The molecule has 0 bridgehead atoms. The topological polar surface area (TPSA) is 60.0 Å². The van der Waals surface area contributed by atoms with Gasteiger partial charge in [0.2, 0.25) is 0 Å². The first-order valence-electron chi connectivity index (χ1n) is 5.91. The third-order valence-electron chi connectivity index (χ3n) is 2.87. The highest BCUT2D eigenvalue weighted by Crippen LogP contribution is 2.30. The number of aryl methyl sites for hydroxylation is 1. The monoisotopic (exact) mass is 265 g/mol. The van der Waals surface area contributed by atoms with E-state index in [9.17, 15) is 0 Å². The average Bonchev–Trinajstić information content (AvgIpc) is 2.86. The van der Waals surface area contributed by atoms with Gasteiger partial charge in [-0.15, -0.1) is 11.3 Å². The molecule has 2 N–H and O–H groups in total. The van der Waals surface area contributed by atoms with Crippen LogP contribution in [0.4, 0.5) is 11.5 Å². The van der Waals surface area contributed by atoms with Crippen LogP contribution in [0.5, 0.6) is 0 Å². The minimum absolute atomic E-state index is 0.331. The van der Waals surface area contributed by atoms with Gasteiger partial charge in [-0.05, 0) is 5.92 Å². The van der Waals surface area contributed by atoms with Crippen molar-refractivity contribution in [1.82, 2.24) is 14.8 Å². The van der Waals surface area contributed by atoms with Crippen LogP contribution in [0.15, 0.2) is 10.9 Å².